The molecule has 0 saturated carbocycles. The summed E-state index contributed by atoms with van der Waals surface area (Å²) in [4.78, 5) is 22.6. The molecule has 8 nitrogen and oxygen atoms in total. The van der Waals surface area contributed by atoms with Gasteiger partial charge in [0.2, 0.25) is 0 Å². The fourth-order valence-electron chi connectivity index (χ4n) is 4.79. The Morgan fingerprint density at radius 2 is 1.11 bits per heavy atom. The Labute approximate surface area is 264 Å². The summed E-state index contributed by atoms with van der Waals surface area (Å²) in [5.74, 6) is -1.63. The van der Waals surface area contributed by atoms with E-state index in [2.05, 4.69) is 0 Å². The van der Waals surface area contributed by atoms with Gasteiger partial charge in [0.25, 0.3) is 0 Å². The monoisotopic (exact) mass is 628 g/mol. The summed E-state index contributed by atoms with van der Waals surface area (Å²) in [6, 6.07) is 26.6. The number of para-hydroxylation sites is 2. The maximum absolute atomic E-state index is 13.5. The first-order valence-electron chi connectivity index (χ1n) is 14.1. The van der Waals surface area contributed by atoms with Gasteiger partial charge >= 0.3 is 5.97 Å². The SMILES string of the molecule is C.O=C(CO)c1ccc2ccn(CCOc3ccccc3F)c2c1.O=C(O)c1ccc2ccn(CCOc3ccccc3F)c2c1. The van der Waals surface area contributed by atoms with Crippen LogP contribution in [0.3, 0.4) is 0 Å². The van der Waals surface area contributed by atoms with Crippen LogP contribution < -0.4 is 9.47 Å². The topological polar surface area (TPSA) is 103 Å². The minimum atomic E-state index is -0.961. The molecule has 0 atom stereocenters. The summed E-state index contributed by atoms with van der Waals surface area (Å²) in [6.07, 6.45) is 3.75. The first-order chi connectivity index (χ1) is 21.8. The first-order valence-corrected chi connectivity index (χ1v) is 14.1. The molecule has 0 unspecified atom stereocenters. The van der Waals surface area contributed by atoms with Gasteiger partial charge in [-0.05, 0) is 65.4 Å². The number of carboxylic acids is 1. The third-order valence-electron chi connectivity index (χ3n) is 7.11. The molecule has 0 amide bonds. The molecule has 10 heteroatoms. The number of benzene rings is 4. The minimum Gasteiger partial charge on any atom is -0.489 e. The van der Waals surface area contributed by atoms with E-state index in [4.69, 9.17) is 19.7 Å². The van der Waals surface area contributed by atoms with Crippen LogP contribution in [0.4, 0.5) is 8.78 Å². The molecule has 0 aliphatic heterocycles. The maximum atomic E-state index is 13.5. The fourth-order valence-corrected chi connectivity index (χ4v) is 4.79. The molecule has 2 aromatic heterocycles. The van der Waals surface area contributed by atoms with Gasteiger partial charge in [-0.25, -0.2) is 13.6 Å². The zero-order valence-electron chi connectivity index (χ0n) is 24.1. The molecule has 0 fully saturated rings. The number of hydrogen-bond acceptors (Lipinski definition) is 5. The highest BCUT2D eigenvalue weighted by atomic mass is 19.1. The molecule has 6 rings (SSSR count). The third-order valence-corrected chi connectivity index (χ3v) is 7.11. The molecule has 2 heterocycles. The number of ether oxygens (including phenoxy) is 2. The van der Waals surface area contributed by atoms with Crippen molar-refractivity contribution in [2.45, 2.75) is 20.5 Å². The molecule has 0 saturated heterocycles. The van der Waals surface area contributed by atoms with E-state index in [1.807, 2.05) is 39.7 Å². The Hall–Kier alpha value is -5.48. The average molecular weight is 629 g/mol. The van der Waals surface area contributed by atoms with Gasteiger partial charge in [-0.3, -0.25) is 4.79 Å². The van der Waals surface area contributed by atoms with E-state index < -0.39 is 18.4 Å². The number of Topliss-reactive ketones (excluding diaryl/α,β-unsaturated/α-hetero) is 1. The van der Waals surface area contributed by atoms with Crippen molar-refractivity contribution in [2.75, 3.05) is 19.8 Å². The molecule has 4 aromatic carbocycles. The molecule has 6 aromatic rings. The highest BCUT2D eigenvalue weighted by Gasteiger charge is 2.10. The fraction of sp³-hybridized carbons (Fsp3) is 0.167. The van der Waals surface area contributed by atoms with Crippen LogP contribution in [-0.2, 0) is 13.1 Å². The Balaban J connectivity index is 0.000000205. The molecule has 0 aliphatic rings. The van der Waals surface area contributed by atoms with Crippen LogP contribution >= 0.6 is 0 Å². The van der Waals surface area contributed by atoms with E-state index in [1.54, 1.807) is 66.7 Å². The number of carbonyl (C=O) groups excluding carboxylic acids is 1. The number of aliphatic hydroxyl groups is 1. The lowest BCUT2D eigenvalue weighted by Gasteiger charge is -2.09. The van der Waals surface area contributed by atoms with Crippen LogP contribution in [0.5, 0.6) is 11.5 Å². The number of aromatic carboxylic acids is 1. The summed E-state index contributed by atoms with van der Waals surface area (Å²) >= 11 is 0. The molecule has 0 spiro atoms. The number of hydrogen-bond donors (Lipinski definition) is 2. The highest BCUT2D eigenvalue weighted by molar-refractivity contribution is 6.00. The van der Waals surface area contributed by atoms with Crippen molar-refractivity contribution in [3.8, 4) is 11.5 Å². The largest absolute Gasteiger partial charge is 0.489 e. The standard InChI is InChI=1S/C18H16FNO3.C17H14FNO3.CH4/c19-15-3-1-2-4-18(15)23-10-9-20-8-7-13-5-6-14(11-16(13)20)17(22)12-21;18-14-3-1-2-4-16(14)22-10-9-19-8-7-12-5-6-13(17(20)21)11-15(12)19;/h1-8,11,21H,9-10,12H2;1-8,11H,9-10H2,(H,20,21);1H4. The number of rotatable bonds is 11. The van der Waals surface area contributed by atoms with E-state index in [0.717, 1.165) is 21.8 Å². The van der Waals surface area contributed by atoms with Crippen molar-refractivity contribution in [3.05, 3.63) is 132 Å². The lowest BCUT2D eigenvalue weighted by Crippen LogP contribution is -2.09. The van der Waals surface area contributed by atoms with Crippen molar-refractivity contribution in [3.63, 3.8) is 0 Å². The summed E-state index contributed by atoms with van der Waals surface area (Å²) in [5, 5.41) is 20.0. The molecule has 0 radical (unpaired) electrons. The summed E-state index contributed by atoms with van der Waals surface area (Å²) in [6.45, 7) is 1.11. The second-order valence-electron chi connectivity index (χ2n) is 10.0. The van der Waals surface area contributed by atoms with Crippen molar-refractivity contribution < 1.29 is 38.1 Å². The van der Waals surface area contributed by atoms with Gasteiger partial charge in [-0.1, -0.05) is 49.9 Å². The number of aliphatic hydroxyl groups excluding tert-OH is 1. The van der Waals surface area contributed by atoms with Crippen LogP contribution in [0.1, 0.15) is 28.1 Å². The molecule has 0 bridgehead atoms. The summed E-state index contributed by atoms with van der Waals surface area (Å²) < 4.78 is 41.7. The molecule has 2 N–H and O–H groups in total. The van der Waals surface area contributed by atoms with Crippen molar-refractivity contribution in [2.24, 2.45) is 0 Å². The van der Waals surface area contributed by atoms with E-state index in [1.165, 1.54) is 12.1 Å². The van der Waals surface area contributed by atoms with E-state index in [-0.39, 0.29) is 36.1 Å². The molecular formula is C36H34F2N2O6. The second-order valence-corrected chi connectivity index (χ2v) is 10.0. The lowest BCUT2D eigenvalue weighted by molar-refractivity contribution is 0.0696. The number of fused-ring (bicyclic) bond motifs is 2. The Bertz CT molecular complexity index is 1950. The van der Waals surface area contributed by atoms with Crippen LogP contribution in [0.15, 0.2) is 109 Å². The smallest absolute Gasteiger partial charge is 0.335 e. The first kappa shape index (κ1) is 33.4. The molecule has 238 valence electrons. The normalized spacial score (nSPS) is 10.6. The summed E-state index contributed by atoms with van der Waals surface area (Å²) in [5.41, 5.74) is 2.40. The number of carboxylic acid groups (broad SMARTS) is 1. The van der Waals surface area contributed by atoms with Gasteiger partial charge in [0.1, 0.15) is 19.8 Å². The molecule has 0 aliphatic carbocycles. The van der Waals surface area contributed by atoms with Gasteiger partial charge < -0.3 is 28.8 Å². The highest BCUT2D eigenvalue weighted by Crippen LogP contribution is 2.21. The van der Waals surface area contributed by atoms with E-state index >= 15 is 0 Å². The van der Waals surface area contributed by atoms with Crippen molar-refractivity contribution in [1.82, 2.24) is 9.13 Å². The number of aromatic nitrogens is 2. The number of carbonyl (C=O) groups is 2. The van der Waals surface area contributed by atoms with Crippen molar-refractivity contribution in [1.29, 1.82) is 0 Å². The van der Waals surface area contributed by atoms with Gasteiger partial charge in [-0.2, -0.15) is 0 Å². The zero-order valence-corrected chi connectivity index (χ0v) is 24.1. The van der Waals surface area contributed by atoms with Gasteiger partial charge in [-0.15, -0.1) is 0 Å². The van der Waals surface area contributed by atoms with Crippen LogP contribution in [0, 0.1) is 11.6 Å². The average Bonchev–Trinajstić information content (AvgIpc) is 3.66. The Kier molecular flexibility index (Phi) is 11.3. The van der Waals surface area contributed by atoms with Gasteiger partial charge in [0, 0.05) is 29.0 Å². The van der Waals surface area contributed by atoms with Crippen LogP contribution in [0.25, 0.3) is 21.8 Å². The minimum absolute atomic E-state index is 0. The quantitative estimate of drug-likeness (QED) is 0.147. The number of halogens is 2. The maximum Gasteiger partial charge on any atom is 0.335 e. The van der Waals surface area contributed by atoms with Gasteiger partial charge in [0.15, 0.2) is 28.9 Å². The molecular weight excluding hydrogens is 594 g/mol. The number of ketones is 1. The van der Waals surface area contributed by atoms with Crippen molar-refractivity contribution >= 4 is 33.6 Å². The van der Waals surface area contributed by atoms with E-state index in [9.17, 15) is 18.4 Å². The number of nitrogens with zero attached hydrogens (tertiary/aromatic N) is 2. The van der Waals surface area contributed by atoms with Crippen LogP contribution in [0.2, 0.25) is 0 Å². The van der Waals surface area contributed by atoms with Gasteiger partial charge in [0.05, 0.1) is 18.7 Å². The summed E-state index contributed by atoms with van der Waals surface area (Å²) in [7, 11) is 0. The third kappa shape index (κ3) is 7.96. The zero-order chi connectivity index (χ0) is 31.8. The predicted molar refractivity (Wildman–Crippen MR) is 173 cm³/mol. The Morgan fingerprint density at radius 1 is 0.652 bits per heavy atom. The second kappa shape index (κ2) is 15.5. The van der Waals surface area contributed by atoms with E-state index in [0.29, 0.717) is 31.9 Å². The van der Waals surface area contributed by atoms with Crippen LogP contribution in [-0.4, -0.2) is 50.9 Å². The lowest BCUT2D eigenvalue weighted by atomic mass is 10.1. The predicted octanol–water partition coefficient (Wildman–Crippen LogP) is 7.23. The Morgan fingerprint density at radius 3 is 1.57 bits per heavy atom. The molecule has 46 heavy (non-hydrogen) atoms.